The van der Waals surface area contributed by atoms with Crippen molar-refractivity contribution in [2.75, 3.05) is 27.2 Å². The van der Waals surface area contributed by atoms with E-state index in [-0.39, 0.29) is 11.2 Å². The maximum absolute atomic E-state index is 12.4. The summed E-state index contributed by atoms with van der Waals surface area (Å²) in [5.74, 6) is 1.74. The van der Waals surface area contributed by atoms with Gasteiger partial charge in [0.2, 0.25) is 5.91 Å². The quantitative estimate of drug-likeness (QED) is 0.663. The molecular weight excluding hydrogens is 384 g/mol. The van der Waals surface area contributed by atoms with E-state index in [1.54, 1.807) is 7.11 Å². The highest BCUT2D eigenvalue weighted by molar-refractivity contribution is 8.00. The van der Waals surface area contributed by atoms with Crippen LogP contribution in [-0.4, -0.2) is 49.4 Å². The Hall–Kier alpha value is -2.18. The number of carbonyl (C=O) groups excluding carboxylic acids is 1. The summed E-state index contributed by atoms with van der Waals surface area (Å²) in [6.45, 7) is 4.60. The second kappa shape index (κ2) is 10.6. The van der Waals surface area contributed by atoms with Crippen LogP contribution in [0.15, 0.2) is 53.4 Å². The van der Waals surface area contributed by atoms with Crippen LogP contribution < -0.4 is 14.8 Å². The molecule has 1 amide bonds. The zero-order valence-electron chi connectivity index (χ0n) is 17.4. The Morgan fingerprint density at radius 3 is 2.34 bits per heavy atom. The van der Waals surface area contributed by atoms with E-state index < -0.39 is 0 Å². The lowest BCUT2D eigenvalue weighted by Crippen LogP contribution is -2.35. The third-order valence-corrected chi connectivity index (χ3v) is 6.21. The molecule has 6 heteroatoms. The SMILES string of the molecule is COc1ccc(SC(C)C(=O)NCc2ccc(OC3CCN(C)CC3)cc2)cc1. The van der Waals surface area contributed by atoms with Crippen molar-refractivity contribution in [3.63, 3.8) is 0 Å². The van der Waals surface area contributed by atoms with Crippen LogP contribution in [0.4, 0.5) is 0 Å². The van der Waals surface area contributed by atoms with E-state index in [1.165, 1.54) is 11.8 Å². The highest BCUT2D eigenvalue weighted by Crippen LogP contribution is 2.25. The normalized spacial score (nSPS) is 16.2. The minimum Gasteiger partial charge on any atom is -0.497 e. The molecule has 1 aliphatic heterocycles. The molecule has 1 saturated heterocycles. The number of amides is 1. The van der Waals surface area contributed by atoms with E-state index >= 15 is 0 Å². The number of benzene rings is 2. The van der Waals surface area contributed by atoms with Gasteiger partial charge in [-0.05, 0) is 68.8 Å². The minimum atomic E-state index is -0.171. The van der Waals surface area contributed by atoms with Crippen molar-refractivity contribution in [2.24, 2.45) is 0 Å². The standard InChI is InChI=1S/C23H30N2O3S/c1-17(29-22-10-8-19(27-3)9-11-22)23(26)24-16-18-4-6-20(7-5-18)28-21-12-14-25(2)15-13-21/h4-11,17,21H,12-16H2,1-3H3,(H,24,26). The molecule has 0 radical (unpaired) electrons. The van der Waals surface area contributed by atoms with E-state index in [2.05, 4.69) is 17.3 Å². The Balaban J connectivity index is 1.43. The van der Waals surface area contributed by atoms with E-state index in [1.807, 2.05) is 55.5 Å². The molecule has 0 aliphatic carbocycles. The van der Waals surface area contributed by atoms with E-state index in [0.29, 0.717) is 12.6 Å². The van der Waals surface area contributed by atoms with Gasteiger partial charge in [-0.1, -0.05) is 12.1 Å². The molecular formula is C23H30N2O3S. The highest BCUT2D eigenvalue weighted by atomic mass is 32.2. The molecule has 0 spiro atoms. The van der Waals surface area contributed by atoms with Crippen LogP contribution in [-0.2, 0) is 11.3 Å². The van der Waals surface area contributed by atoms with Crippen molar-refractivity contribution in [2.45, 2.75) is 42.6 Å². The zero-order chi connectivity index (χ0) is 20.6. The molecule has 1 atom stereocenters. The number of nitrogens with zero attached hydrogens (tertiary/aromatic N) is 1. The van der Waals surface area contributed by atoms with Crippen LogP contribution in [0, 0.1) is 0 Å². The minimum absolute atomic E-state index is 0.0254. The fraction of sp³-hybridized carbons (Fsp3) is 0.435. The summed E-state index contributed by atoms with van der Waals surface area (Å²) in [6, 6.07) is 15.8. The summed E-state index contributed by atoms with van der Waals surface area (Å²) in [6.07, 6.45) is 2.43. The highest BCUT2D eigenvalue weighted by Gasteiger charge is 2.18. The molecule has 1 unspecified atom stereocenters. The number of ether oxygens (including phenoxy) is 2. The maximum Gasteiger partial charge on any atom is 0.233 e. The lowest BCUT2D eigenvalue weighted by molar-refractivity contribution is -0.120. The van der Waals surface area contributed by atoms with Gasteiger partial charge in [-0.15, -0.1) is 11.8 Å². The van der Waals surface area contributed by atoms with Gasteiger partial charge in [-0.3, -0.25) is 4.79 Å². The fourth-order valence-corrected chi connectivity index (χ4v) is 4.12. The Morgan fingerprint density at radius 2 is 1.72 bits per heavy atom. The molecule has 1 aliphatic rings. The number of carbonyl (C=O) groups is 1. The molecule has 5 nitrogen and oxygen atoms in total. The van der Waals surface area contributed by atoms with Crippen molar-refractivity contribution in [3.05, 3.63) is 54.1 Å². The number of nitrogens with one attached hydrogen (secondary N) is 1. The smallest absolute Gasteiger partial charge is 0.233 e. The van der Waals surface area contributed by atoms with E-state index in [4.69, 9.17) is 9.47 Å². The van der Waals surface area contributed by atoms with Gasteiger partial charge in [0, 0.05) is 24.5 Å². The predicted octanol–water partition coefficient (Wildman–Crippen LogP) is 3.97. The Morgan fingerprint density at radius 1 is 1.10 bits per heavy atom. The summed E-state index contributed by atoms with van der Waals surface area (Å²) in [4.78, 5) is 15.8. The number of thioether (sulfide) groups is 1. The lowest BCUT2D eigenvalue weighted by Gasteiger charge is -2.29. The first-order chi connectivity index (χ1) is 14.0. The van der Waals surface area contributed by atoms with Crippen LogP contribution >= 0.6 is 11.8 Å². The molecule has 1 fully saturated rings. The zero-order valence-corrected chi connectivity index (χ0v) is 18.2. The Labute approximate surface area is 177 Å². The molecule has 3 rings (SSSR count). The molecule has 0 aromatic heterocycles. The molecule has 156 valence electrons. The third-order valence-electron chi connectivity index (χ3n) is 5.10. The summed E-state index contributed by atoms with van der Waals surface area (Å²) in [5, 5.41) is 2.85. The van der Waals surface area contributed by atoms with Gasteiger partial charge >= 0.3 is 0 Å². The second-order valence-electron chi connectivity index (χ2n) is 7.42. The molecule has 2 aromatic carbocycles. The Bertz CT molecular complexity index is 772. The van der Waals surface area contributed by atoms with Gasteiger partial charge < -0.3 is 19.7 Å². The van der Waals surface area contributed by atoms with Crippen molar-refractivity contribution >= 4 is 17.7 Å². The van der Waals surface area contributed by atoms with Crippen molar-refractivity contribution in [1.82, 2.24) is 10.2 Å². The van der Waals surface area contributed by atoms with Gasteiger partial charge in [0.05, 0.1) is 12.4 Å². The summed E-state index contributed by atoms with van der Waals surface area (Å²) in [5.41, 5.74) is 1.07. The molecule has 2 aromatic rings. The molecule has 1 N–H and O–H groups in total. The molecule has 1 heterocycles. The van der Waals surface area contributed by atoms with Gasteiger partial charge in [0.25, 0.3) is 0 Å². The van der Waals surface area contributed by atoms with Crippen LogP contribution in [0.2, 0.25) is 0 Å². The summed E-state index contributed by atoms with van der Waals surface area (Å²) in [7, 11) is 3.79. The van der Waals surface area contributed by atoms with E-state index in [0.717, 1.165) is 47.9 Å². The average molecular weight is 415 g/mol. The van der Waals surface area contributed by atoms with Crippen LogP contribution in [0.25, 0.3) is 0 Å². The summed E-state index contributed by atoms with van der Waals surface area (Å²) >= 11 is 1.54. The van der Waals surface area contributed by atoms with Crippen LogP contribution in [0.1, 0.15) is 25.3 Å². The Kier molecular flexibility index (Phi) is 7.83. The number of hydrogen-bond donors (Lipinski definition) is 1. The number of rotatable bonds is 8. The van der Waals surface area contributed by atoms with Crippen molar-refractivity contribution in [3.8, 4) is 11.5 Å². The monoisotopic (exact) mass is 414 g/mol. The lowest BCUT2D eigenvalue weighted by atomic mass is 10.1. The van der Waals surface area contributed by atoms with Gasteiger partial charge in [-0.2, -0.15) is 0 Å². The largest absolute Gasteiger partial charge is 0.497 e. The van der Waals surface area contributed by atoms with Crippen molar-refractivity contribution < 1.29 is 14.3 Å². The number of hydrogen-bond acceptors (Lipinski definition) is 5. The predicted molar refractivity (Wildman–Crippen MR) is 118 cm³/mol. The van der Waals surface area contributed by atoms with Gasteiger partial charge in [0.15, 0.2) is 0 Å². The molecule has 0 saturated carbocycles. The van der Waals surface area contributed by atoms with Crippen molar-refractivity contribution in [1.29, 1.82) is 0 Å². The van der Waals surface area contributed by atoms with Gasteiger partial charge in [-0.25, -0.2) is 0 Å². The number of likely N-dealkylation sites (tertiary alicyclic amines) is 1. The van der Waals surface area contributed by atoms with Crippen LogP contribution in [0.3, 0.4) is 0 Å². The van der Waals surface area contributed by atoms with Crippen LogP contribution in [0.5, 0.6) is 11.5 Å². The topological polar surface area (TPSA) is 50.8 Å². The van der Waals surface area contributed by atoms with E-state index in [9.17, 15) is 4.79 Å². The number of methoxy groups -OCH3 is 1. The first kappa shape index (κ1) is 21.5. The molecule has 0 bridgehead atoms. The first-order valence-corrected chi connectivity index (χ1v) is 10.9. The average Bonchev–Trinajstić information content (AvgIpc) is 2.75. The van der Waals surface area contributed by atoms with Gasteiger partial charge in [0.1, 0.15) is 17.6 Å². The third kappa shape index (κ3) is 6.68. The number of piperidine rings is 1. The second-order valence-corrected chi connectivity index (χ2v) is 8.83. The summed E-state index contributed by atoms with van der Waals surface area (Å²) < 4.78 is 11.2. The fourth-order valence-electron chi connectivity index (χ4n) is 3.23. The maximum atomic E-state index is 12.4. The first-order valence-electron chi connectivity index (χ1n) is 10.1. The molecule has 29 heavy (non-hydrogen) atoms.